The first-order valence-corrected chi connectivity index (χ1v) is 9.28. The Morgan fingerprint density at radius 3 is 2.40 bits per heavy atom. The van der Waals surface area contributed by atoms with Gasteiger partial charge in [-0.05, 0) is 36.8 Å². The summed E-state index contributed by atoms with van der Waals surface area (Å²) in [5.74, 6) is 0.671. The second-order valence-corrected chi connectivity index (χ2v) is 7.47. The zero-order chi connectivity index (χ0) is 18.0. The number of nitrogens with zero attached hydrogens (tertiary/aromatic N) is 1. The molecule has 0 unspecified atom stereocenters. The molecule has 0 aliphatic rings. The summed E-state index contributed by atoms with van der Waals surface area (Å²) in [6, 6.07) is 13.0. The van der Waals surface area contributed by atoms with Crippen molar-refractivity contribution in [2.24, 2.45) is 0 Å². The standard InChI is InChI=1S/C18H15NO5S/c1-12-11-15(13-6-8-14(9-7-13)25(2,21)22)17(18(20)23-12)24-16-5-3-4-10-19-16/h3-11H,1-2H3. The van der Waals surface area contributed by atoms with Crippen molar-refractivity contribution in [1.82, 2.24) is 4.98 Å². The van der Waals surface area contributed by atoms with Crippen LogP contribution in [0.2, 0.25) is 0 Å². The zero-order valence-corrected chi connectivity index (χ0v) is 14.4. The number of aryl methyl sites for hydroxylation is 1. The van der Waals surface area contributed by atoms with E-state index in [0.29, 0.717) is 16.9 Å². The fraction of sp³-hybridized carbons (Fsp3) is 0.111. The van der Waals surface area contributed by atoms with Crippen LogP contribution < -0.4 is 10.4 Å². The monoisotopic (exact) mass is 357 g/mol. The molecule has 0 atom stereocenters. The summed E-state index contributed by atoms with van der Waals surface area (Å²) in [5.41, 5.74) is 0.502. The molecule has 25 heavy (non-hydrogen) atoms. The summed E-state index contributed by atoms with van der Waals surface area (Å²) >= 11 is 0. The molecule has 3 rings (SSSR count). The summed E-state index contributed by atoms with van der Waals surface area (Å²) in [7, 11) is -3.30. The highest BCUT2D eigenvalue weighted by Gasteiger charge is 2.16. The average molecular weight is 357 g/mol. The molecule has 0 radical (unpaired) electrons. The van der Waals surface area contributed by atoms with E-state index in [2.05, 4.69) is 4.98 Å². The number of ether oxygens (including phenoxy) is 1. The smallest absolute Gasteiger partial charge is 0.380 e. The first kappa shape index (κ1) is 16.9. The second-order valence-electron chi connectivity index (χ2n) is 5.45. The van der Waals surface area contributed by atoms with Gasteiger partial charge in [-0.1, -0.05) is 18.2 Å². The summed E-state index contributed by atoms with van der Waals surface area (Å²) in [4.78, 5) is 16.5. The molecule has 3 aromatic rings. The van der Waals surface area contributed by atoms with Gasteiger partial charge in [-0.3, -0.25) is 0 Å². The molecule has 2 aromatic heterocycles. The van der Waals surface area contributed by atoms with Crippen LogP contribution in [0.4, 0.5) is 0 Å². The van der Waals surface area contributed by atoms with E-state index in [9.17, 15) is 13.2 Å². The van der Waals surface area contributed by atoms with E-state index in [1.165, 1.54) is 12.1 Å². The van der Waals surface area contributed by atoms with Crippen molar-refractivity contribution in [2.75, 3.05) is 6.26 Å². The van der Waals surface area contributed by atoms with Crippen LogP contribution in [0, 0.1) is 6.92 Å². The van der Waals surface area contributed by atoms with Gasteiger partial charge in [-0.25, -0.2) is 18.2 Å². The van der Waals surface area contributed by atoms with E-state index in [1.807, 2.05) is 0 Å². The van der Waals surface area contributed by atoms with E-state index < -0.39 is 15.5 Å². The number of rotatable bonds is 4. The van der Waals surface area contributed by atoms with Gasteiger partial charge in [-0.15, -0.1) is 0 Å². The largest absolute Gasteiger partial charge is 0.431 e. The third-order valence-electron chi connectivity index (χ3n) is 3.47. The van der Waals surface area contributed by atoms with Crippen LogP contribution in [0.3, 0.4) is 0 Å². The summed E-state index contributed by atoms with van der Waals surface area (Å²) < 4.78 is 33.9. The highest BCUT2D eigenvalue weighted by Crippen LogP contribution is 2.31. The van der Waals surface area contributed by atoms with Crippen molar-refractivity contribution in [3.05, 3.63) is 70.9 Å². The minimum Gasteiger partial charge on any atom is -0.431 e. The summed E-state index contributed by atoms with van der Waals surface area (Å²) in [6.07, 6.45) is 2.69. The molecule has 6 nitrogen and oxygen atoms in total. The Morgan fingerprint density at radius 2 is 1.80 bits per heavy atom. The van der Waals surface area contributed by atoms with Crippen molar-refractivity contribution in [3.8, 4) is 22.8 Å². The van der Waals surface area contributed by atoms with Gasteiger partial charge in [0, 0.05) is 24.1 Å². The molecule has 1 aromatic carbocycles. The zero-order valence-electron chi connectivity index (χ0n) is 13.6. The Hall–Kier alpha value is -2.93. The lowest BCUT2D eigenvalue weighted by molar-refractivity contribution is 0.402. The van der Waals surface area contributed by atoms with Crippen LogP contribution in [0.5, 0.6) is 11.6 Å². The van der Waals surface area contributed by atoms with Crippen LogP contribution in [-0.2, 0) is 9.84 Å². The molecule has 128 valence electrons. The van der Waals surface area contributed by atoms with Crippen LogP contribution in [-0.4, -0.2) is 19.7 Å². The Morgan fingerprint density at radius 1 is 1.08 bits per heavy atom. The molecule has 0 amide bonds. The van der Waals surface area contributed by atoms with Crippen molar-refractivity contribution < 1.29 is 17.6 Å². The van der Waals surface area contributed by atoms with Crippen LogP contribution in [0.15, 0.2) is 68.8 Å². The molecular formula is C18H15NO5S. The first-order valence-electron chi connectivity index (χ1n) is 7.39. The molecule has 0 bridgehead atoms. The number of hydrogen-bond acceptors (Lipinski definition) is 6. The molecular weight excluding hydrogens is 342 g/mol. The van der Waals surface area contributed by atoms with Gasteiger partial charge in [0.2, 0.25) is 11.6 Å². The van der Waals surface area contributed by atoms with Crippen molar-refractivity contribution in [1.29, 1.82) is 0 Å². The maximum Gasteiger partial charge on any atom is 0.380 e. The Kier molecular flexibility index (Phi) is 4.41. The molecule has 7 heteroatoms. The van der Waals surface area contributed by atoms with E-state index >= 15 is 0 Å². The minimum absolute atomic E-state index is 0.00333. The normalized spacial score (nSPS) is 11.3. The lowest BCUT2D eigenvalue weighted by atomic mass is 10.1. The minimum atomic E-state index is -3.30. The maximum atomic E-state index is 12.2. The number of hydrogen-bond donors (Lipinski definition) is 0. The SMILES string of the molecule is Cc1cc(-c2ccc(S(C)(=O)=O)cc2)c(Oc2ccccn2)c(=O)o1. The van der Waals surface area contributed by atoms with E-state index in [4.69, 9.17) is 9.15 Å². The Labute approximate surface area is 144 Å². The summed E-state index contributed by atoms with van der Waals surface area (Å²) in [5, 5.41) is 0. The molecule has 2 heterocycles. The molecule has 0 aliphatic heterocycles. The van der Waals surface area contributed by atoms with Gasteiger partial charge in [0.1, 0.15) is 5.76 Å². The summed E-state index contributed by atoms with van der Waals surface area (Å²) in [6.45, 7) is 1.65. The second kappa shape index (κ2) is 6.52. The van der Waals surface area contributed by atoms with Crippen LogP contribution in [0.25, 0.3) is 11.1 Å². The third-order valence-corrected chi connectivity index (χ3v) is 4.60. The van der Waals surface area contributed by atoms with Crippen LogP contribution in [0.1, 0.15) is 5.76 Å². The van der Waals surface area contributed by atoms with Gasteiger partial charge in [0.25, 0.3) is 0 Å². The number of aromatic nitrogens is 1. The lowest BCUT2D eigenvalue weighted by Gasteiger charge is -2.10. The predicted octanol–water partition coefficient (Wildman–Crippen LogP) is 3.21. The van der Waals surface area contributed by atoms with Crippen molar-refractivity contribution in [2.45, 2.75) is 11.8 Å². The highest BCUT2D eigenvalue weighted by molar-refractivity contribution is 7.90. The van der Waals surface area contributed by atoms with Crippen molar-refractivity contribution in [3.63, 3.8) is 0 Å². The van der Waals surface area contributed by atoms with Crippen LogP contribution >= 0.6 is 0 Å². The lowest BCUT2D eigenvalue weighted by Crippen LogP contribution is -2.07. The van der Waals surface area contributed by atoms with E-state index in [-0.39, 0.29) is 16.5 Å². The quantitative estimate of drug-likeness (QED) is 0.713. The maximum absolute atomic E-state index is 12.2. The van der Waals surface area contributed by atoms with Gasteiger partial charge in [0.05, 0.1) is 4.90 Å². The molecule has 0 saturated heterocycles. The van der Waals surface area contributed by atoms with E-state index in [0.717, 1.165) is 6.26 Å². The number of sulfone groups is 1. The van der Waals surface area contributed by atoms with E-state index in [1.54, 1.807) is 49.5 Å². The first-order chi connectivity index (χ1) is 11.8. The topological polar surface area (TPSA) is 86.5 Å². The van der Waals surface area contributed by atoms with Gasteiger partial charge >= 0.3 is 5.63 Å². The van der Waals surface area contributed by atoms with Gasteiger partial charge < -0.3 is 9.15 Å². The fourth-order valence-electron chi connectivity index (χ4n) is 2.31. The highest BCUT2D eigenvalue weighted by atomic mass is 32.2. The number of pyridine rings is 1. The predicted molar refractivity (Wildman–Crippen MR) is 92.6 cm³/mol. The Balaban J connectivity index is 2.11. The molecule has 0 aliphatic carbocycles. The van der Waals surface area contributed by atoms with Gasteiger partial charge in [-0.2, -0.15) is 0 Å². The number of benzene rings is 1. The molecule has 0 saturated carbocycles. The third kappa shape index (κ3) is 3.77. The Bertz CT molecular complexity index is 1050. The molecule has 0 fully saturated rings. The molecule has 0 spiro atoms. The molecule has 0 N–H and O–H groups in total. The van der Waals surface area contributed by atoms with Gasteiger partial charge in [0.15, 0.2) is 9.84 Å². The van der Waals surface area contributed by atoms with Crippen molar-refractivity contribution >= 4 is 9.84 Å². The average Bonchev–Trinajstić information content (AvgIpc) is 2.57. The fourth-order valence-corrected chi connectivity index (χ4v) is 2.94.